The number of hydrogen-bond acceptors (Lipinski definition) is 2. The van der Waals surface area contributed by atoms with Crippen molar-refractivity contribution in [3.05, 3.63) is 0 Å². The van der Waals surface area contributed by atoms with Crippen molar-refractivity contribution in [3.8, 4) is 0 Å². The molecule has 0 aromatic heterocycles. The fourth-order valence-corrected chi connectivity index (χ4v) is 7.08. The number of nitrogens with one attached hydrogen (secondary N) is 1. The van der Waals surface area contributed by atoms with Crippen LogP contribution in [-0.2, 0) is 0 Å². The maximum Gasteiger partial charge on any atom is 0.317 e. The van der Waals surface area contributed by atoms with E-state index in [1.165, 1.54) is 193 Å². The Bertz CT molecular complexity index is 594. The lowest BCUT2D eigenvalue weighted by Gasteiger charge is -2.24. The molecule has 2 amide bonds. The highest BCUT2D eigenvalue weighted by atomic mass is 16.2. The minimum atomic E-state index is 0.155. The predicted molar refractivity (Wildman–Crippen MR) is 212 cm³/mol. The summed E-state index contributed by atoms with van der Waals surface area (Å²) in [6, 6.07) is 0.155. The third-order valence-corrected chi connectivity index (χ3v) is 10.4. The van der Waals surface area contributed by atoms with E-state index in [4.69, 9.17) is 0 Å². The van der Waals surface area contributed by atoms with Crippen molar-refractivity contribution in [2.75, 3.05) is 40.3 Å². The second-order valence-electron chi connectivity index (χ2n) is 15.4. The van der Waals surface area contributed by atoms with Gasteiger partial charge in [-0.1, -0.05) is 213 Å². The van der Waals surface area contributed by atoms with Gasteiger partial charge in [-0.05, 0) is 32.9 Å². The molecule has 4 nitrogen and oxygen atoms in total. The lowest BCUT2D eigenvalue weighted by atomic mass is 9.89. The Morgan fingerprint density at radius 1 is 0.426 bits per heavy atom. The molecular formula is C43H89N3O. The molecule has 1 N–H and O–H groups in total. The van der Waals surface area contributed by atoms with Crippen molar-refractivity contribution in [1.82, 2.24) is 15.1 Å². The minimum Gasteiger partial charge on any atom is -0.337 e. The van der Waals surface area contributed by atoms with Gasteiger partial charge in [0.15, 0.2) is 0 Å². The van der Waals surface area contributed by atoms with Crippen LogP contribution < -0.4 is 5.32 Å². The number of carbonyl (C=O) groups is 1. The van der Waals surface area contributed by atoms with Gasteiger partial charge in [0, 0.05) is 26.2 Å². The molecule has 282 valence electrons. The molecule has 0 radical (unpaired) electrons. The van der Waals surface area contributed by atoms with Crippen LogP contribution in [0.3, 0.4) is 0 Å². The van der Waals surface area contributed by atoms with Crippen LogP contribution in [0.1, 0.15) is 226 Å². The summed E-state index contributed by atoms with van der Waals surface area (Å²) in [6.07, 6.45) is 44.4. The summed E-state index contributed by atoms with van der Waals surface area (Å²) in [5.74, 6) is 0.962. The molecule has 0 saturated carbocycles. The molecular weight excluding hydrogens is 574 g/mol. The van der Waals surface area contributed by atoms with E-state index in [1.807, 2.05) is 0 Å². The number of likely N-dealkylation sites (N-methyl/N-ethyl adjacent to an activating group) is 1. The smallest absolute Gasteiger partial charge is 0.317 e. The van der Waals surface area contributed by atoms with E-state index < -0.39 is 0 Å². The first-order valence-corrected chi connectivity index (χ1v) is 21.7. The van der Waals surface area contributed by atoms with Crippen molar-refractivity contribution in [2.24, 2.45) is 5.92 Å². The minimum absolute atomic E-state index is 0.155. The fraction of sp³-hybridized carbons (Fsp3) is 0.977. The maximum atomic E-state index is 13.0. The first-order valence-electron chi connectivity index (χ1n) is 21.7. The van der Waals surface area contributed by atoms with Gasteiger partial charge in [0.2, 0.25) is 0 Å². The topological polar surface area (TPSA) is 35.6 Å². The summed E-state index contributed by atoms with van der Waals surface area (Å²) in [5.41, 5.74) is 0. The Morgan fingerprint density at radius 3 is 1.04 bits per heavy atom. The Hall–Kier alpha value is -0.770. The van der Waals surface area contributed by atoms with Crippen molar-refractivity contribution < 1.29 is 4.79 Å². The fourth-order valence-electron chi connectivity index (χ4n) is 7.08. The van der Waals surface area contributed by atoms with Crippen LogP contribution in [0.15, 0.2) is 0 Å². The molecule has 0 aliphatic carbocycles. The molecule has 0 spiro atoms. The zero-order chi connectivity index (χ0) is 34.5. The van der Waals surface area contributed by atoms with Crippen LogP contribution in [0.2, 0.25) is 0 Å². The number of nitrogens with zero attached hydrogens (tertiary/aromatic N) is 2. The molecule has 0 aromatic rings. The predicted octanol–water partition coefficient (Wildman–Crippen LogP) is 13.7. The molecule has 0 heterocycles. The first-order chi connectivity index (χ1) is 23.0. The molecule has 0 aliphatic rings. The third-order valence-electron chi connectivity index (χ3n) is 10.4. The van der Waals surface area contributed by atoms with E-state index in [0.717, 1.165) is 44.9 Å². The largest absolute Gasteiger partial charge is 0.337 e. The highest BCUT2D eigenvalue weighted by molar-refractivity contribution is 5.74. The van der Waals surface area contributed by atoms with Crippen molar-refractivity contribution >= 4 is 6.03 Å². The Balaban J connectivity index is 4.31. The van der Waals surface area contributed by atoms with E-state index in [-0.39, 0.29) is 6.03 Å². The van der Waals surface area contributed by atoms with Gasteiger partial charge < -0.3 is 15.1 Å². The monoisotopic (exact) mass is 664 g/mol. The Labute approximate surface area is 297 Å². The van der Waals surface area contributed by atoms with E-state index in [9.17, 15) is 4.79 Å². The molecule has 0 saturated heterocycles. The number of hydrogen-bond donors (Lipinski definition) is 1. The first kappa shape index (κ1) is 46.2. The number of unbranched alkanes of at least 4 members (excludes halogenated alkanes) is 25. The van der Waals surface area contributed by atoms with Crippen LogP contribution in [0.4, 0.5) is 4.79 Å². The summed E-state index contributed by atoms with van der Waals surface area (Å²) in [4.78, 5) is 17.3. The molecule has 0 rings (SSSR count). The van der Waals surface area contributed by atoms with E-state index >= 15 is 0 Å². The lowest BCUT2D eigenvalue weighted by molar-refractivity contribution is 0.194. The van der Waals surface area contributed by atoms with Gasteiger partial charge in [0.05, 0.1) is 0 Å². The average Bonchev–Trinajstić information content (AvgIpc) is 3.06. The standard InChI is InChI=1S/C43H89N3O/c1-6-9-12-15-18-19-20-21-22-23-28-33-39-46(43(47)44-38-41-45(4)5)40-34-29-24-27-32-37-42(35-30-25-16-13-10-7-2)36-31-26-17-14-11-8-3/h42H,6-41H2,1-5H3,(H,44,47). The maximum absolute atomic E-state index is 13.0. The molecule has 0 aromatic carbocycles. The lowest BCUT2D eigenvalue weighted by Crippen LogP contribution is -2.43. The van der Waals surface area contributed by atoms with Crippen LogP contribution in [0.25, 0.3) is 0 Å². The molecule has 0 unspecified atom stereocenters. The summed E-state index contributed by atoms with van der Waals surface area (Å²) in [7, 11) is 4.14. The molecule has 47 heavy (non-hydrogen) atoms. The van der Waals surface area contributed by atoms with Gasteiger partial charge >= 0.3 is 6.03 Å². The average molecular weight is 664 g/mol. The second kappa shape index (κ2) is 38.0. The van der Waals surface area contributed by atoms with Crippen LogP contribution in [-0.4, -0.2) is 56.1 Å². The van der Waals surface area contributed by atoms with Gasteiger partial charge in [0.25, 0.3) is 0 Å². The number of carbonyl (C=O) groups excluding carboxylic acids is 1. The third kappa shape index (κ3) is 34.9. The second-order valence-corrected chi connectivity index (χ2v) is 15.4. The van der Waals surface area contributed by atoms with Crippen molar-refractivity contribution in [3.63, 3.8) is 0 Å². The quantitative estimate of drug-likeness (QED) is 0.0667. The highest BCUT2D eigenvalue weighted by Gasteiger charge is 2.13. The Morgan fingerprint density at radius 2 is 0.723 bits per heavy atom. The number of urea groups is 1. The van der Waals surface area contributed by atoms with Gasteiger partial charge in [-0.15, -0.1) is 0 Å². The SMILES string of the molecule is CCCCCCCCCCCCCCN(CCCCCCCC(CCCCCCCC)CCCCCCCC)C(=O)NCCN(C)C. The van der Waals surface area contributed by atoms with Crippen LogP contribution >= 0.6 is 0 Å². The summed E-state index contributed by atoms with van der Waals surface area (Å²) in [5, 5.41) is 3.19. The van der Waals surface area contributed by atoms with Gasteiger partial charge in [-0.3, -0.25) is 0 Å². The van der Waals surface area contributed by atoms with E-state index in [1.54, 1.807) is 0 Å². The van der Waals surface area contributed by atoms with Crippen LogP contribution in [0.5, 0.6) is 0 Å². The zero-order valence-electron chi connectivity index (χ0n) is 33.3. The van der Waals surface area contributed by atoms with Crippen LogP contribution in [0, 0.1) is 5.92 Å². The zero-order valence-corrected chi connectivity index (χ0v) is 33.3. The van der Waals surface area contributed by atoms with E-state index in [2.05, 4.69) is 50.0 Å². The Kier molecular flexibility index (Phi) is 37.4. The molecule has 0 fully saturated rings. The summed E-state index contributed by atoms with van der Waals surface area (Å²) >= 11 is 0. The summed E-state index contributed by atoms with van der Waals surface area (Å²) < 4.78 is 0. The van der Waals surface area contributed by atoms with Crippen molar-refractivity contribution in [2.45, 2.75) is 226 Å². The van der Waals surface area contributed by atoms with Gasteiger partial charge in [-0.25, -0.2) is 4.79 Å². The molecule has 0 aliphatic heterocycles. The molecule has 0 atom stereocenters. The molecule has 0 bridgehead atoms. The van der Waals surface area contributed by atoms with Gasteiger partial charge in [-0.2, -0.15) is 0 Å². The number of amides is 2. The van der Waals surface area contributed by atoms with Gasteiger partial charge in [0.1, 0.15) is 0 Å². The summed E-state index contributed by atoms with van der Waals surface area (Å²) in [6.45, 7) is 10.4. The van der Waals surface area contributed by atoms with E-state index in [0.29, 0.717) is 0 Å². The van der Waals surface area contributed by atoms with Crippen molar-refractivity contribution in [1.29, 1.82) is 0 Å². The normalized spacial score (nSPS) is 11.6. The molecule has 4 heteroatoms. The highest BCUT2D eigenvalue weighted by Crippen LogP contribution is 2.25. The number of rotatable bonds is 38.